The van der Waals surface area contributed by atoms with Gasteiger partial charge in [0.05, 0.1) is 0 Å². The monoisotopic (exact) mass is 232 g/mol. The van der Waals surface area contributed by atoms with Gasteiger partial charge in [-0.05, 0) is 0 Å². The maximum Gasteiger partial charge on any atom is 0.275 e. The predicted molar refractivity (Wildman–Crippen MR) is 36.2 cm³/mol. The standard InChI is InChI=1S/C7H2ClF5O/c8-7(13)3(10)2(9)4(14)5(11)1-6(5,7)12/h1H2. The molecule has 1 saturated carbocycles. The van der Waals surface area contributed by atoms with Crippen molar-refractivity contribution in [3.63, 3.8) is 0 Å². The van der Waals surface area contributed by atoms with Crippen molar-refractivity contribution >= 4 is 17.4 Å². The van der Waals surface area contributed by atoms with Crippen LogP contribution in [0.5, 0.6) is 0 Å². The minimum absolute atomic E-state index is 1.26. The van der Waals surface area contributed by atoms with Gasteiger partial charge in [0.2, 0.25) is 22.9 Å². The molecule has 0 saturated heterocycles. The fourth-order valence-corrected chi connectivity index (χ4v) is 1.80. The van der Waals surface area contributed by atoms with Crippen LogP contribution >= 0.6 is 11.6 Å². The quantitative estimate of drug-likeness (QED) is 0.463. The summed E-state index contributed by atoms with van der Waals surface area (Å²) < 4.78 is 64.7. The Morgan fingerprint density at radius 2 is 1.71 bits per heavy atom. The van der Waals surface area contributed by atoms with Crippen molar-refractivity contribution in [2.75, 3.05) is 0 Å². The van der Waals surface area contributed by atoms with E-state index < -0.39 is 40.3 Å². The summed E-state index contributed by atoms with van der Waals surface area (Å²) in [7, 11) is 0. The molecule has 0 amide bonds. The lowest BCUT2D eigenvalue weighted by Crippen LogP contribution is -2.46. The van der Waals surface area contributed by atoms with Gasteiger partial charge >= 0.3 is 0 Å². The highest BCUT2D eigenvalue weighted by atomic mass is 35.5. The Morgan fingerprint density at radius 1 is 1.21 bits per heavy atom. The lowest BCUT2D eigenvalue weighted by atomic mass is 9.98. The third-order valence-electron chi connectivity index (χ3n) is 2.52. The summed E-state index contributed by atoms with van der Waals surface area (Å²) in [4.78, 5) is 10.7. The summed E-state index contributed by atoms with van der Waals surface area (Å²) in [5, 5.41) is -3.93. The molecule has 0 bridgehead atoms. The molecule has 0 aromatic carbocycles. The van der Waals surface area contributed by atoms with E-state index in [0.717, 1.165) is 0 Å². The third kappa shape index (κ3) is 0.711. The molecule has 7 heteroatoms. The Bertz CT molecular complexity index is 378. The molecule has 14 heavy (non-hydrogen) atoms. The van der Waals surface area contributed by atoms with Crippen molar-refractivity contribution in [2.24, 2.45) is 0 Å². The van der Waals surface area contributed by atoms with Gasteiger partial charge in [0.15, 0.2) is 5.83 Å². The molecule has 0 radical (unpaired) electrons. The van der Waals surface area contributed by atoms with E-state index in [4.69, 9.17) is 11.6 Å². The lowest BCUT2D eigenvalue weighted by Gasteiger charge is -2.26. The average Bonchev–Trinajstić information content (AvgIpc) is 2.68. The molecule has 2 aliphatic rings. The molecule has 0 aliphatic heterocycles. The first-order valence-electron chi connectivity index (χ1n) is 3.55. The van der Waals surface area contributed by atoms with Crippen LogP contribution in [0.3, 0.4) is 0 Å². The first-order chi connectivity index (χ1) is 6.18. The second-order valence-corrected chi connectivity index (χ2v) is 3.83. The average molecular weight is 233 g/mol. The number of rotatable bonds is 0. The molecule has 78 valence electrons. The minimum atomic E-state index is -3.93. The van der Waals surface area contributed by atoms with E-state index in [2.05, 4.69) is 0 Å². The highest BCUT2D eigenvalue weighted by Gasteiger charge is 2.89. The Kier molecular flexibility index (Phi) is 1.50. The lowest BCUT2D eigenvalue weighted by molar-refractivity contribution is -0.128. The first kappa shape index (κ1) is 9.89. The number of halogens is 6. The number of carbonyl (C=O) groups is 1. The van der Waals surface area contributed by atoms with Gasteiger partial charge in [-0.3, -0.25) is 4.79 Å². The zero-order valence-electron chi connectivity index (χ0n) is 6.38. The van der Waals surface area contributed by atoms with Crippen LogP contribution < -0.4 is 0 Å². The van der Waals surface area contributed by atoms with E-state index in [0.29, 0.717) is 0 Å². The van der Waals surface area contributed by atoms with E-state index in [1.54, 1.807) is 0 Å². The number of Topliss-reactive ketones (excluding diaryl/α,β-unsaturated/α-hetero) is 1. The van der Waals surface area contributed by atoms with Crippen molar-refractivity contribution in [3.8, 4) is 0 Å². The van der Waals surface area contributed by atoms with Crippen molar-refractivity contribution in [1.82, 2.24) is 0 Å². The number of fused-ring (bicyclic) bond motifs is 1. The number of alkyl halides is 4. The van der Waals surface area contributed by atoms with E-state index in [-0.39, 0.29) is 0 Å². The molecule has 0 N–H and O–H groups in total. The maximum atomic E-state index is 13.2. The van der Waals surface area contributed by atoms with E-state index >= 15 is 0 Å². The second-order valence-electron chi connectivity index (χ2n) is 3.31. The maximum absolute atomic E-state index is 13.2. The van der Waals surface area contributed by atoms with E-state index in [1.165, 1.54) is 0 Å². The van der Waals surface area contributed by atoms with Crippen molar-refractivity contribution in [2.45, 2.75) is 22.9 Å². The second kappa shape index (κ2) is 2.13. The molecule has 2 rings (SSSR count). The van der Waals surface area contributed by atoms with Crippen LogP contribution in [0.15, 0.2) is 11.7 Å². The Labute approximate surface area is 79.5 Å². The van der Waals surface area contributed by atoms with Crippen LogP contribution in [-0.4, -0.2) is 22.2 Å². The van der Waals surface area contributed by atoms with Gasteiger partial charge in [-0.25, -0.2) is 17.6 Å². The van der Waals surface area contributed by atoms with Crippen LogP contribution in [0.4, 0.5) is 22.0 Å². The smallest absolute Gasteiger partial charge is 0.275 e. The summed E-state index contributed by atoms with van der Waals surface area (Å²) in [6.07, 6.45) is -1.26. The van der Waals surface area contributed by atoms with Crippen LogP contribution in [-0.2, 0) is 4.79 Å². The largest absolute Gasteiger partial charge is 0.288 e. The van der Waals surface area contributed by atoms with Gasteiger partial charge in [-0.15, -0.1) is 0 Å². The Morgan fingerprint density at radius 3 is 2.21 bits per heavy atom. The Hall–Kier alpha value is -0.650. The van der Waals surface area contributed by atoms with E-state index in [9.17, 15) is 26.7 Å². The summed E-state index contributed by atoms with van der Waals surface area (Å²) in [6, 6.07) is 0. The van der Waals surface area contributed by atoms with E-state index in [1.807, 2.05) is 0 Å². The molecule has 0 aromatic rings. The molecular weight excluding hydrogens is 231 g/mol. The predicted octanol–water partition coefficient (Wildman–Crippen LogP) is 2.44. The molecule has 3 atom stereocenters. The van der Waals surface area contributed by atoms with Crippen molar-refractivity contribution in [3.05, 3.63) is 11.7 Å². The van der Waals surface area contributed by atoms with Crippen LogP contribution in [0.2, 0.25) is 0 Å². The number of hydrogen-bond donors (Lipinski definition) is 0. The molecule has 0 spiro atoms. The van der Waals surface area contributed by atoms with Crippen LogP contribution in [0.1, 0.15) is 6.42 Å². The van der Waals surface area contributed by atoms with Gasteiger partial charge in [0, 0.05) is 6.42 Å². The SMILES string of the molecule is O=C1C(F)=C(F)C(F)(Cl)C2(F)CC12F. The van der Waals surface area contributed by atoms with Gasteiger partial charge in [-0.1, -0.05) is 11.6 Å². The van der Waals surface area contributed by atoms with Gasteiger partial charge in [0.1, 0.15) is 0 Å². The molecule has 2 aliphatic carbocycles. The number of hydrogen-bond acceptors (Lipinski definition) is 1. The van der Waals surface area contributed by atoms with Crippen molar-refractivity contribution in [1.29, 1.82) is 0 Å². The Balaban J connectivity index is 2.65. The van der Waals surface area contributed by atoms with Crippen LogP contribution in [0, 0.1) is 0 Å². The first-order valence-corrected chi connectivity index (χ1v) is 3.92. The zero-order valence-corrected chi connectivity index (χ0v) is 7.14. The minimum Gasteiger partial charge on any atom is -0.288 e. The number of carbonyl (C=O) groups excluding carboxylic acids is 1. The van der Waals surface area contributed by atoms with Crippen molar-refractivity contribution < 1.29 is 26.7 Å². The topological polar surface area (TPSA) is 17.1 Å². The fourth-order valence-electron chi connectivity index (χ4n) is 1.50. The summed E-state index contributed by atoms with van der Waals surface area (Å²) >= 11 is 4.70. The summed E-state index contributed by atoms with van der Waals surface area (Å²) in [5.74, 6) is -6.69. The number of allylic oxidation sites excluding steroid dienone is 2. The molecule has 0 heterocycles. The zero-order chi connectivity index (χ0) is 10.9. The highest BCUT2D eigenvalue weighted by molar-refractivity contribution is 6.28. The highest BCUT2D eigenvalue weighted by Crippen LogP contribution is 2.69. The third-order valence-corrected chi connectivity index (χ3v) is 2.98. The number of ketones is 1. The normalized spacial score (nSPS) is 52.0. The summed E-state index contributed by atoms with van der Waals surface area (Å²) in [5.41, 5.74) is -6.85. The van der Waals surface area contributed by atoms with Gasteiger partial charge < -0.3 is 0 Å². The molecule has 3 unspecified atom stereocenters. The molecular formula is C7H2ClF5O. The summed E-state index contributed by atoms with van der Waals surface area (Å²) in [6.45, 7) is 0. The fraction of sp³-hybridized carbons (Fsp3) is 0.571. The van der Waals surface area contributed by atoms with Gasteiger partial charge in [-0.2, -0.15) is 4.39 Å². The van der Waals surface area contributed by atoms with Crippen LogP contribution in [0.25, 0.3) is 0 Å². The molecule has 0 aromatic heterocycles. The molecule has 1 fully saturated rings. The van der Waals surface area contributed by atoms with Gasteiger partial charge in [0.25, 0.3) is 5.13 Å². The molecule has 1 nitrogen and oxygen atoms in total.